The van der Waals surface area contributed by atoms with Crippen molar-refractivity contribution in [2.24, 2.45) is 5.14 Å². The van der Waals surface area contributed by atoms with E-state index < -0.39 is 39.8 Å². The summed E-state index contributed by atoms with van der Waals surface area (Å²) in [5.41, 5.74) is 0. The van der Waals surface area contributed by atoms with Crippen molar-refractivity contribution in [3.8, 4) is 0 Å². The Morgan fingerprint density at radius 2 is 1.57 bits per heavy atom. The second-order valence-electron chi connectivity index (χ2n) is 4.13. The van der Waals surface area contributed by atoms with Crippen molar-refractivity contribution >= 4 is 28.0 Å². The van der Waals surface area contributed by atoms with Crippen molar-refractivity contribution in [3.05, 3.63) is 25.3 Å². The fraction of sp³-hybridized carbons (Fsp3) is 0.417. The molecule has 0 unspecified atom stereocenters. The molecule has 0 spiro atoms. The number of esters is 2. The minimum atomic E-state index is -3.70. The molecule has 0 saturated heterocycles. The summed E-state index contributed by atoms with van der Waals surface area (Å²) < 4.78 is 30.9. The first-order valence-corrected chi connectivity index (χ1v) is 8.02. The molecule has 0 aliphatic rings. The Bertz CT molecular complexity index is 535. The van der Waals surface area contributed by atoms with Gasteiger partial charge in [-0.25, -0.2) is 27.9 Å². The Balaban J connectivity index is 4.43. The molecule has 11 heteroatoms. The fourth-order valence-corrected chi connectivity index (χ4v) is 1.54. The second-order valence-corrected chi connectivity index (χ2v) is 5.87. The first-order valence-electron chi connectivity index (χ1n) is 6.31. The molecule has 0 atom stereocenters. The summed E-state index contributed by atoms with van der Waals surface area (Å²) in [6.07, 6.45) is 1.86. The molecule has 0 bridgehead atoms. The lowest BCUT2D eigenvalue weighted by Gasteiger charge is -2.18. The molecule has 0 aromatic rings. The average molecular weight is 349 g/mol. The lowest BCUT2D eigenvalue weighted by molar-refractivity contribution is -0.141. The van der Waals surface area contributed by atoms with Gasteiger partial charge in [0, 0.05) is 18.7 Å². The van der Waals surface area contributed by atoms with Gasteiger partial charge in [0.15, 0.2) is 0 Å². The van der Waals surface area contributed by atoms with Crippen molar-refractivity contribution in [1.82, 2.24) is 10.6 Å². The van der Waals surface area contributed by atoms with Crippen LogP contribution in [0.25, 0.3) is 0 Å². The summed E-state index contributed by atoms with van der Waals surface area (Å²) in [6.45, 7) is 5.65. The Morgan fingerprint density at radius 1 is 1.09 bits per heavy atom. The van der Waals surface area contributed by atoms with Gasteiger partial charge in [0.25, 0.3) is 0 Å². The molecule has 0 heterocycles. The van der Waals surface area contributed by atoms with Crippen molar-refractivity contribution in [1.29, 1.82) is 0 Å². The standard InChI is InChI=1S/C12H19N3O7S/c1-3-10(16)21-7-9(8-22-11(17)4-2)15-12(18)14-5-6-23(13,19)20/h3-4,9H,1-2,5-8H2,(H2,13,19,20)(H2,14,15,18). The highest BCUT2D eigenvalue weighted by molar-refractivity contribution is 7.89. The number of amides is 2. The van der Waals surface area contributed by atoms with E-state index in [0.717, 1.165) is 12.2 Å². The van der Waals surface area contributed by atoms with Gasteiger partial charge in [0.2, 0.25) is 10.0 Å². The van der Waals surface area contributed by atoms with E-state index in [0.29, 0.717) is 0 Å². The zero-order valence-corrected chi connectivity index (χ0v) is 13.1. The molecule has 2 amide bonds. The normalized spacial score (nSPS) is 10.5. The van der Waals surface area contributed by atoms with Crippen molar-refractivity contribution < 1.29 is 32.3 Å². The van der Waals surface area contributed by atoms with Gasteiger partial charge >= 0.3 is 18.0 Å². The van der Waals surface area contributed by atoms with Crippen LogP contribution >= 0.6 is 0 Å². The molecule has 0 aromatic carbocycles. The number of hydrogen-bond donors (Lipinski definition) is 3. The Kier molecular flexibility index (Phi) is 9.27. The number of carbonyl (C=O) groups is 3. The van der Waals surface area contributed by atoms with Crippen molar-refractivity contribution in [3.63, 3.8) is 0 Å². The molecule has 0 fully saturated rings. The molecule has 0 aromatic heterocycles. The summed E-state index contributed by atoms with van der Waals surface area (Å²) in [7, 11) is -3.70. The van der Waals surface area contributed by atoms with E-state index in [1.54, 1.807) is 0 Å². The number of sulfonamides is 1. The third-order valence-corrected chi connectivity index (χ3v) is 2.97. The zero-order chi connectivity index (χ0) is 17.9. The van der Waals surface area contributed by atoms with Crippen LogP contribution in [-0.2, 0) is 29.1 Å². The molecule has 130 valence electrons. The molecular weight excluding hydrogens is 330 g/mol. The van der Waals surface area contributed by atoms with Gasteiger partial charge in [0.05, 0.1) is 11.8 Å². The van der Waals surface area contributed by atoms with E-state index in [4.69, 9.17) is 14.6 Å². The van der Waals surface area contributed by atoms with E-state index in [1.165, 1.54) is 0 Å². The summed E-state index contributed by atoms with van der Waals surface area (Å²) in [5.74, 6) is -1.88. The number of urea groups is 1. The second kappa shape index (κ2) is 10.3. The average Bonchev–Trinajstić information content (AvgIpc) is 2.47. The van der Waals surface area contributed by atoms with Crippen LogP contribution in [0.4, 0.5) is 4.79 Å². The van der Waals surface area contributed by atoms with Crippen LogP contribution in [0.3, 0.4) is 0 Å². The van der Waals surface area contributed by atoms with E-state index in [1.807, 2.05) is 0 Å². The lowest BCUT2D eigenvalue weighted by atomic mass is 10.3. The Morgan fingerprint density at radius 3 is 1.96 bits per heavy atom. The number of hydrogen-bond acceptors (Lipinski definition) is 7. The van der Waals surface area contributed by atoms with E-state index in [2.05, 4.69) is 23.8 Å². The maximum Gasteiger partial charge on any atom is 0.330 e. The maximum absolute atomic E-state index is 11.6. The van der Waals surface area contributed by atoms with Crippen LogP contribution in [0.1, 0.15) is 0 Å². The number of nitrogens with two attached hydrogens (primary N) is 1. The van der Waals surface area contributed by atoms with Crippen LogP contribution in [-0.4, -0.2) is 57.9 Å². The first-order chi connectivity index (χ1) is 10.7. The quantitative estimate of drug-likeness (QED) is 0.317. The van der Waals surface area contributed by atoms with Gasteiger partial charge in [-0.05, 0) is 0 Å². The van der Waals surface area contributed by atoms with Gasteiger partial charge in [-0.1, -0.05) is 13.2 Å². The van der Waals surface area contributed by atoms with Gasteiger partial charge in [0.1, 0.15) is 13.2 Å². The van der Waals surface area contributed by atoms with Crippen LogP contribution < -0.4 is 15.8 Å². The molecular formula is C12H19N3O7S. The molecule has 0 rings (SSSR count). The number of nitrogens with one attached hydrogen (secondary N) is 2. The van der Waals surface area contributed by atoms with Gasteiger partial charge in [-0.15, -0.1) is 0 Å². The topological polar surface area (TPSA) is 154 Å². The van der Waals surface area contributed by atoms with E-state index in [-0.39, 0.29) is 19.8 Å². The highest BCUT2D eigenvalue weighted by atomic mass is 32.2. The van der Waals surface area contributed by atoms with Crippen LogP contribution in [0, 0.1) is 0 Å². The fourth-order valence-electron chi connectivity index (χ4n) is 1.16. The van der Waals surface area contributed by atoms with Crippen LogP contribution in [0.5, 0.6) is 0 Å². The summed E-state index contributed by atoms with van der Waals surface area (Å²) in [6, 6.07) is -1.60. The minimum absolute atomic E-state index is 0.212. The minimum Gasteiger partial charge on any atom is -0.460 e. The number of rotatable bonds is 10. The van der Waals surface area contributed by atoms with Crippen molar-refractivity contribution in [2.45, 2.75) is 6.04 Å². The summed E-state index contributed by atoms with van der Waals surface area (Å²) >= 11 is 0. The first kappa shape index (κ1) is 20.6. The summed E-state index contributed by atoms with van der Waals surface area (Å²) in [4.78, 5) is 33.6. The Hall–Kier alpha value is -2.40. The number of carbonyl (C=O) groups excluding carboxylic acids is 3. The third-order valence-electron chi connectivity index (χ3n) is 2.19. The smallest absolute Gasteiger partial charge is 0.330 e. The number of primary sulfonamides is 1. The van der Waals surface area contributed by atoms with Crippen molar-refractivity contribution in [2.75, 3.05) is 25.5 Å². The predicted molar refractivity (Wildman–Crippen MR) is 80.6 cm³/mol. The Labute approximate surface area is 133 Å². The van der Waals surface area contributed by atoms with E-state index >= 15 is 0 Å². The number of ether oxygens (including phenoxy) is 2. The predicted octanol–water partition coefficient (Wildman–Crippen LogP) is -1.60. The molecule has 10 nitrogen and oxygen atoms in total. The maximum atomic E-state index is 11.6. The SMILES string of the molecule is C=CC(=O)OCC(COC(=O)C=C)NC(=O)NCCS(N)(=O)=O. The largest absolute Gasteiger partial charge is 0.460 e. The van der Waals surface area contributed by atoms with Gasteiger partial charge in [-0.3, -0.25) is 0 Å². The monoisotopic (exact) mass is 349 g/mol. The van der Waals surface area contributed by atoms with Gasteiger partial charge < -0.3 is 20.1 Å². The zero-order valence-electron chi connectivity index (χ0n) is 12.3. The van der Waals surface area contributed by atoms with E-state index in [9.17, 15) is 22.8 Å². The molecule has 4 N–H and O–H groups in total. The third kappa shape index (κ3) is 11.9. The molecule has 23 heavy (non-hydrogen) atoms. The molecule has 0 aliphatic carbocycles. The molecule has 0 saturated carbocycles. The molecule has 0 radical (unpaired) electrons. The molecule has 0 aliphatic heterocycles. The lowest BCUT2D eigenvalue weighted by Crippen LogP contribution is -2.48. The van der Waals surface area contributed by atoms with Gasteiger partial charge in [-0.2, -0.15) is 0 Å². The highest BCUT2D eigenvalue weighted by Gasteiger charge is 2.16. The van der Waals surface area contributed by atoms with Crippen LogP contribution in [0.15, 0.2) is 25.3 Å². The highest BCUT2D eigenvalue weighted by Crippen LogP contribution is 1.92. The van der Waals surface area contributed by atoms with Crippen LogP contribution in [0.2, 0.25) is 0 Å². The summed E-state index contributed by atoms with van der Waals surface area (Å²) in [5, 5.41) is 9.38.